The van der Waals surface area contributed by atoms with E-state index >= 15 is 0 Å². The molecule has 0 bridgehead atoms. The number of hydrogen-bond donors (Lipinski definition) is 1. The van der Waals surface area contributed by atoms with Gasteiger partial charge in [-0.2, -0.15) is 0 Å². The van der Waals surface area contributed by atoms with Gasteiger partial charge in [0.05, 0.1) is 29.5 Å². The maximum atomic E-state index is 12.4. The van der Waals surface area contributed by atoms with E-state index in [0.717, 1.165) is 11.1 Å². The third kappa shape index (κ3) is 5.11. The van der Waals surface area contributed by atoms with Gasteiger partial charge in [0, 0.05) is 0 Å². The summed E-state index contributed by atoms with van der Waals surface area (Å²) < 4.78 is 4.87. The predicted molar refractivity (Wildman–Crippen MR) is 101 cm³/mol. The van der Waals surface area contributed by atoms with Crippen LogP contribution in [0.1, 0.15) is 36.6 Å². The third-order valence-corrected chi connectivity index (χ3v) is 5.17. The molecule has 0 saturated carbocycles. The number of carbonyl (C=O) groups excluding carboxylic acids is 3. The van der Waals surface area contributed by atoms with E-state index in [1.165, 1.54) is 28.3 Å². The lowest BCUT2D eigenvalue weighted by molar-refractivity contribution is -0.137. The molecule has 7 heteroatoms. The highest BCUT2D eigenvalue weighted by molar-refractivity contribution is 8.04. The molecule has 0 unspecified atom stereocenters. The molecule has 140 valence electrons. The van der Waals surface area contributed by atoms with E-state index in [-0.39, 0.29) is 36.8 Å². The Morgan fingerprint density at radius 1 is 1.35 bits per heavy atom. The topological polar surface area (TPSA) is 75.7 Å². The van der Waals surface area contributed by atoms with Gasteiger partial charge in [0.2, 0.25) is 11.8 Å². The monoisotopic (exact) mass is 376 g/mol. The molecular formula is C19H24N2O4S. The van der Waals surface area contributed by atoms with Crippen molar-refractivity contribution in [2.45, 2.75) is 33.7 Å². The molecule has 26 heavy (non-hydrogen) atoms. The van der Waals surface area contributed by atoms with Crippen LogP contribution in [0.5, 0.6) is 0 Å². The van der Waals surface area contributed by atoms with Gasteiger partial charge < -0.3 is 10.1 Å². The Morgan fingerprint density at radius 2 is 2.08 bits per heavy atom. The molecule has 1 fully saturated rings. The zero-order valence-electron chi connectivity index (χ0n) is 15.5. The lowest BCUT2D eigenvalue weighted by Crippen LogP contribution is -2.38. The van der Waals surface area contributed by atoms with E-state index in [1.807, 2.05) is 39.0 Å². The quantitative estimate of drug-likeness (QED) is 0.610. The van der Waals surface area contributed by atoms with Crippen LogP contribution < -0.4 is 5.32 Å². The van der Waals surface area contributed by atoms with Crippen molar-refractivity contribution in [3.63, 3.8) is 0 Å². The Balaban J connectivity index is 2.01. The Morgan fingerprint density at radius 3 is 2.73 bits per heavy atom. The van der Waals surface area contributed by atoms with Crippen molar-refractivity contribution >= 4 is 29.5 Å². The minimum atomic E-state index is -0.515. The fourth-order valence-corrected chi connectivity index (χ4v) is 3.46. The Labute approximate surface area is 158 Å². The summed E-state index contributed by atoms with van der Waals surface area (Å²) in [6, 6.07) is 5.87. The zero-order chi connectivity index (χ0) is 19.3. The fraction of sp³-hybridized carbons (Fsp3) is 0.421. The summed E-state index contributed by atoms with van der Waals surface area (Å²) in [6.07, 6.45) is 1.26. The summed E-state index contributed by atoms with van der Waals surface area (Å²) >= 11 is 1.23. The molecule has 1 aliphatic heterocycles. The molecule has 0 radical (unpaired) electrons. The van der Waals surface area contributed by atoms with Crippen LogP contribution in [0.2, 0.25) is 0 Å². The minimum absolute atomic E-state index is 0.119. The number of hydrogen-bond acceptors (Lipinski definition) is 5. The number of amides is 2. The van der Waals surface area contributed by atoms with Gasteiger partial charge in [-0.15, -0.1) is 0 Å². The summed E-state index contributed by atoms with van der Waals surface area (Å²) in [5.41, 5.74) is 3.36. The van der Waals surface area contributed by atoms with Crippen LogP contribution in [-0.4, -0.2) is 41.6 Å². The molecule has 2 amide bonds. The van der Waals surface area contributed by atoms with E-state index in [4.69, 9.17) is 4.74 Å². The summed E-state index contributed by atoms with van der Waals surface area (Å²) in [7, 11) is 0. The van der Waals surface area contributed by atoms with Gasteiger partial charge >= 0.3 is 5.97 Å². The first-order chi connectivity index (χ1) is 12.3. The van der Waals surface area contributed by atoms with Crippen molar-refractivity contribution in [1.29, 1.82) is 0 Å². The van der Waals surface area contributed by atoms with Crippen LogP contribution in [0.3, 0.4) is 0 Å². The molecule has 6 nitrogen and oxygen atoms in total. The van der Waals surface area contributed by atoms with Crippen molar-refractivity contribution in [1.82, 2.24) is 10.2 Å². The average Bonchev–Trinajstić information content (AvgIpc) is 2.90. The number of thioether (sulfide) groups is 1. The maximum Gasteiger partial charge on any atom is 0.333 e. The second kappa shape index (κ2) is 8.89. The molecular weight excluding hydrogens is 352 g/mol. The van der Waals surface area contributed by atoms with Crippen LogP contribution in [0.4, 0.5) is 0 Å². The molecule has 2 rings (SSSR count). The van der Waals surface area contributed by atoms with E-state index in [9.17, 15) is 14.4 Å². The lowest BCUT2D eigenvalue weighted by Gasteiger charge is -2.20. The van der Waals surface area contributed by atoms with Crippen LogP contribution in [0, 0.1) is 13.8 Å². The standard InChI is InChI=1S/C19H24N2O4S/c1-5-25-19(24)9-18-21(17(23)11-26-18)10-16(22)20-14(4)15-7-6-12(2)13(3)8-15/h6-9,14H,5,10-11H2,1-4H3,(H,20,22)/b18-9-/t14-/m0/s1. The highest BCUT2D eigenvalue weighted by Gasteiger charge is 2.29. The molecule has 0 aliphatic carbocycles. The van der Waals surface area contributed by atoms with E-state index in [2.05, 4.69) is 5.32 Å². The first-order valence-electron chi connectivity index (χ1n) is 8.50. The van der Waals surface area contributed by atoms with Crippen molar-refractivity contribution in [2.24, 2.45) is 0 Å². The third-order valence-electron chi connectivity index (χ3n) is 4.15. The van der Waals surface area contributed by atoms with E-state index in [1.54, 1.807) is 6.92 Å². The Bertz CT molecular complexity index is 745. The molecule has 1 saturated heterocycles. The number of nitrogens with one attached hydrogen (secondary N) is 1. The van der Waals surface area contributed by atoms with Gasteiger partial charge in [0.25, 0.3) is 0 Å². The summed E-state index contributed by atoms with van der Waals surface area (Å²) in [5, 5.41) is 3.35. The Kier molecular flexibility index (Phi) is 6.85. The Hall–Kier alpha value is -2.28. The molecule has 1 atom stereocenters. The van der Waals surface area contributed by atoms with Crippen LogP contribution in [-0.2, 0) is 19.1 Å². The first-order valence-corrected chi connectivity index (χ1v) is 9.48. The zero-order valence-corrected chi connectivity index (χ0v) is 16.3. The summed E-state index contributed by atoms with van der Waals surface area (Å²) in [5.74, 6) is -0.773. The molecule has 1 aromatic rings. The normalized spacial score (nSPS) is 16.7. The molecule has 1 aliphatic rings. The van der Waals surface area contributed by atoms with Crippen molar-refractivity contribution in [3.05, 3.63) is 46.0 Å². The van der Waals surface area contributed by atoms with Gasteiger partial charge in [-0.3, -0.25) is 14.5 Å². The summed E-state index contributed by atoms with van der Waals surface area (Å²) in [6.45, 7) is 7.82. The van der Waals surface area contributed by atoms with E-state index < -0.39 is 5.97 Å². The second-order valence-corrected chi connectivity index (χ2v) is 7.13. The second-order valence-electron chi connectivity index (χ2n) is 6.14. The van der Waals surface area contributed by atoms with Gasteiger partial charge in [-0.05, 0) is 44.4 Å². The van der Waals surface area contributed by atoms with Gasteiger partial charge in [-0.25, -0.2) is 4.79 Å². The molecule has 0 spiro atoms. The SMILES string of the molecule is CCOC(=O)/C=C1\SCC(=O)N1CC(=O)N[C@@H](C)c1ccc(C)c(C)c1. The molecule has 0 aromatic heterocycles. The van der Waals surface area contributed by atoms with Crippen LogP contribution in [0.25, 0.3) is 0 Å². The van der Waals surface area contributed by atoms with Crippen molar-refractivity contribution in [2.75, 3.05) is 18.9 Å². The first kappa shape index (κ1) is 20.0. The predicted octanol–water partition coefficient (Wildman–Crippen LogP) is 2.46. The number of rotatable bonds is 6. The van der Waals surface area contributed by atoms with Crippen molar-refractivity contribution < 1.29 is 19.1 Å². The molecule has 1 aromatic carbocycles. The van der Waals surface area contributed by atoms with E-state index in [0.29, 0.717) is 5.03 Å². The highest BCUT2D eigenvalue weighted by Crippen LogP contribution is 2.28. The fourth-order valence-electron chi connectivity index (χ4n) is 2.53. The van der Waals surface area contributed by atoms with Crippen LogP contribution >= 0.6 is 11.8 Å². The summed E-state index contributed by atoms with van der Waals surface area (Å²) in [4.78, 5) is 37.3. The number of nitrogens with zero attached hydrogens (tertiary/aromatic N) is 1. The largest absolute Gasteiger partial charge is 0.463 e. The smallest absolute Gasteiger partial charge is 0.333 e. The lowest BCUT2D eigenvalue weighted by atomic mass is 10.0. The van der Waals surface area contributed by atoms with Crippen LogP contribution in [0.15, 0.2) is 29.3 Å². The molecule has 1 N–H and O–H groups in total. The molecule has 1 heterocycles. The van der Waals surface area contributed by atoms with Crippen molar-refractivity contribution in [3.8, 4) is 0 Å². The number of carbonyl (C=O) groups is 3. The number of esters is 1. The van der Waals surface area contributed by atoms with Gasteiger partial charge in [0.15, 0.2) is 0 Å². The number of benzene rings is 1. The highest BCUT2D eigenvalue weighted by atomic mass is 32.2. The van der Waals surface area contributed by atoms with Gasteiger partial charge in [0.1, 0.15) is 6.54 Å². The minimum Gasteiger partial charge on any atom is -0.463 e. The van der Waals surface area contributed by atoms with Gasteiger partial charge in [-0.1, -0.05) is 30.0 Å². The number of ether oxygens (including phenoxy) is 1. The number of aryl methyl sites for hydroxylation is 2. The maximum absolute atomic E-state index is 12.4. The average molecular weight is 376 g/mol.